The summed E-state index contributed by atoms with van der Waals surface area (Å²) in [5.74, 6) is 0.0947. The Hall–Kier alpha value is -3.74. The van der Waals surface area contributed by atoms with E-state index in [1.807, 2.05) is 60.7 Å². The van der Waals surface area contributed by atoms with Gasteiger partial charge in [-0.15, -0.1) is 5.10 Å². The van der Waals surface area contributed by atoms with Crippen LogP contribution in [0.5, 0.6) is 0 Å². The molecule has 5 rings (SSSR count). The van der Waals surface area contributed by atoms with Crippen molar-refractivity contribution in [3.63, 3.8) is 0 Å². The van der Waals surface area contributed by atoms with Crippen molar-refractivity contribution in [1.29, 1.82) is 0 Å². The molecule has 1 atom stereocenters. The molecule has 0 bridgehead atoms. The Kier molecular flexibility index (Phi) is 3.79. The zero-order valence-electron chi connectivity index (χ0n) is 14.9. The fourth-order valence-electron chi connectivity index (χ4n) is 3.55. The number of nitrogens with one attached hydrogen (secondary N) is 1. The van der Waals surface area contributed by atoms with Crippen LogP contribution in [0, 0.1) is 0 Å². The van der Waals surface area contributed by atoms with Crippen molar-refractivity contribution in [3.8, 4) is 0 Å². The number of nitrogens with zero attached hydrogens (tertiary/aromatic N) is 4. The van der Waals surface area contributed by atoms with E-state index in [9.17, 15) is 9.59 Å². The summed E-state index contributed by atoms with van der Waals surface area (Å²) in [4.78, 5) is 29.8. The highest BCUT2D eigenvalue weighted by molar-refractivity contribution is 6.18. The van der Waals surface area contributed by atoms with Gasteiger partial charge in [-0.25, -0.2) is 9.58 Å². The Morgan fingerprint density at radius 2 is 1.54 bits per heavy atom. The quantitative estimate of drug-likeness (QED) is 0.716. The first-order valence-corrected chi connectivity index (χ1v) is 9.12. The Bertz CT molecular complexity index is 1070. The zero-order chi connectivity index (χ0) is 19.1. The lowest BCUT2D eigenvalue weighted by Crippen LogP contribution is -2.29. The van der Waals surface area contributed by atoms with Gasteiger partial charge in [-0.1, -0.05) is 60.7 Å². The van der Waals surface area contributed by atoms with E-state index in [4.69, 9.17) is 0 Å². The fourth-order valence-corrected chi connectivity index (χ4v) is 3.55. The average Bonchev–Trinajstić information content (AvgIpc) is 3.30. The number of amides is 2. The molecule has 2 aromatic carbocycles. The van der Waals surface area contributed by atoms with Gasteiger partial charge in [0.1, 0.15) is 6.04 Å². The Balaban J connectivity index is 1.62. The van der Waals surface area contributed by atoms with Crippen LogP contribution in [0.1, 0.15) is 30.0 Å². The lowest BCUT2D eigenvalue weighted by molar-refractivity contribution is -0.121. The summed E-state index contributed by atoms with van der Waals surface area (Å²) >= 11 is 0. The van der Waals surface area contributed by atoms with Gasteiger partial charge in [0.2, 0.25) is 17.8 Å². The fraction of sp³-hybridized carbons (Fsp3) is 0.143. The third-order valence-corrected chi connectivity index (χ3v) is 4.93. The van der Waals surface area contributed by atoms with Crippen molar-refractivity contribution >= 4 is 29.4 Å². The first-order chi connectivity index (χ1) is 13.7. The number of hydrogen-bond donors (Lipinski definition) is 1. The second-order valence-corrected chi connectivity index (χ2v) is 6.73. The van der Waals surface area contributed by atoms with E-state index in [0.29, 0.717) is 5.95 Å². The SMILES string of the molecule is O=C1CCC(=O)N1c1nc2n(n1)[C@H](c1ccccc1)C=C(c1ccccc1)N2. The average molecular weight is 371 g/mol. The number of allylic oxidation sites excluding steroid dienone is 1. The van der Waals surface area contributed by atoms with E-state index < -0.39 is 0 Å². The number of aromatic nitrogens is 3. The maximum absolute atomic E-state index is 12.1. The largest absolute Gasteiger partial charge is 0.324 e. The third kappa shape index (κ3) is 2.68. The minimum atomic E-state index is -0.263. The summed E-state index contributed by atoms with van der Waals surface area (Å²) in [5.41, 5.74) is 2.96. The van der Waals surface area contributed by atoms with E-state index in [1.54, 1.807) is 4.68 Å². The highest BCUT2D eigenvalue weighted by Crippen LogP contribution is 2.34. The maximum atomic E-state index is 12.1. The summed E-state index contributed by atoms with van der Waals surface area (Å²) in [6, 6.07) is 19.7. The van der Waals surface area contributed by atoms with E-state index >= 15 is 0 Å². The number of benzene rings is 2. The van der Waals surface area contributed by atoms with Crippen LogP contribution in [0.2, 0.25) is 0 Å². The van der Waals surface area contributed by atoms with Crippen molar-refractivity contribution in [1.82, 2.24) is 14.8 Å². The van der Waals surface area contributed by atoms with Gasteiger partial charge in [0.25, 0.3) is 5.95 Å². The standard InChI is InChI=1S/C21H17N5O2/c27-18-11-12-19(28)25(18)21-23-20-22-16(14-7-3-1-4-8-14)13-17(26(20)24-21)15-9-5-2-6-10-15/h1-10,13,17H,11-12H2,(H,22,23,24)/t17-/m0/s1. The summed E-state index contributed by atoms with van der Waals surface area (Å²) in [7, 11) is 0. The molecule has 0 radical (unpaired) electrons. The lowest BCUT2D eigenvalue weighted by atomic mass is 10.0. The number of rotatable bonds is 3. The van der Waals surface area contributed by atoms with E-state index in [1.165, 1.54) is 0 Å². The van der Waals surface area contributed by atoms with Crippen LogP contribution < -0.4 is 10.2 Å². The van der Waals surface area contributed by atoms with E-state index in [-0.39, 0.29) is 36.6 Å². The van der Waals surface area contributed by atoms with Crippen LogP contribution in [0.15, 0.2) is 66.7 Å². The molecule has 0 spiro atoms. The molecular weight excluding hydrogens is 354 g/mol. The zero-order valence-corrected chi connectivity index (χ0v) is 14.9. The van der Waals surface area contributed by atoms with Gasteiger partial charge in [-0.3, -0.25) is 9.59 Å². The molecule has 1 fully saturated rings. The molecule has 3 heterocycles. The monoisotopic (exact) mass is 371 g/mol. The topological polar surface area (TPSA) is 80.1 Å². The molecule has 2 amide bonds. The molecular formula is C21H17N5O2. The van der Waals surface area contributed by atoms with E-state index in [2.05, 4.69) is 21.5 Å². The van der Waals surface area contributed by atoms with Gasteiger partial charge >= 0.3 is 0 Å². The predicted octanol–water partition coefficient (Wildman–Crippen LogP) is 2.99. The lowest BCUT2D eigenvalue weighted by Gasteiger charge is -2.24. The smallest absolute Gasteiger partial charge is 0.260 e. The van der Waals surface area contributed by atoms with Crippen LogP contribution in [-0.2, 0) is 9.59 Å². The van der Waals surface area contributed by atoms with Crippen molar-refractivity contribution in [3.05, 3.63) is 77.9 Å². The normalized spacial score (nSPS) is 18.6. The van der Waals surface area contributed by atoms with Gasteiger partial charge < -0.3 is 5.32 Å². The van der Waals surface area contributed by atoms with Crippen molar-refractivity contribution in [2.75, 3.05) is 10.2 Å². The Labute approximate surface area is 161 Å². The molecule has 2 aliphatic rings. The van der Waals surface area contributed by atoms with Crippen LogP contribution in [0.4, 0.5) is 11.9 Å². The molecule has 138 valence electrons. The molecule has 3 aromatic rings. The number of fused-ring (bicyclic) bond motifs is 1. The molecule has 2 aliphatic heterocycles. The minimum absolute atomic E-state index is 0.124. The summed E-state index contributed by atoms with van der Waals surface area (Å²) in [5, 5.41) is 7.79. The van der Waals surface area contributed by atoms with Crippen molar-refractivity contribution in [2.45, 2.75) is 18.9 Å². The number of carbonyl (C=O) groups is 2. The van der Waals surface area contributed by atoms with E-state index in [0.717, 1.165) is 21.7 Å². The highest BCUT2D eigenvalue weighted by Gasteiger charge is 2.35. The van der Waals surface area contributed by atoms with Crippen LogP contribution in [-0.4, -0.2) is 26.6 Å². The molecule has 28 heavy (non-hydrogen) atoms. The second kappa shape index (κ2) is 6.45. The minimum Gasteiger partial charge on any atom is -0.324 e. The molecule has 0 unspecified atom stereocenters. The maximum Gasteiger partial charge on any atom is 0.260 e. The van der Waals surface area contributed by atoms with Gasteiger partial charge in [-0.2, -0.15) is 4.98 Å². The summed E-state index contributed by atoms with van der Waals surface area (Å²) in [6.45, 7) is 0. The molecule has 7 nitrogen and oxygen atoms in total. The van der Waals surface area contributed by atoms with Crippen LogP contribution in [0.3, 0.4) is 0 Å². The number of carbonyl (C=O) groups excluding carboxylic acids is 2. The number of hydrogen-bond acceptors (Lipinski definition) is 5. The van der Waals surface area contributed by atoms with Crippen molar-refractivity contribution in [2.24, 2.45) is 0 Å². The molecule has 1 saturated heterocycles. The van der Waals surface area contributed by atoms with Gasteiger partial charge in [0.05, 0.1) is 0 Å². The van der Waals surface area contributed by atoms with Gasteiger partial charge in [0.15, 0.2) is 0 Å². The number of anilines is 2. The molecule has 1 N–H and O–H groups in total. The van der Waals surface area contributed by atoms with Crippen molar-refractivity contribution < 1.29 is 9.59 Å². The van der Waals surface area contributed by atoms with Crippen LogP contribution in [0.25, 0.3) is 5.70 Å². The Morgan fingerprint density at radius 1 is 0.893 bits per heavy atom. The third-order valence-electron chi connectivity index (χ3n) is 4.93. The summed E-state index contributed by atoms with van der Waals surface area (Å²) in [6.07, 6.45) is 2.47. The predicted molar refractivity (Wildman–Crippen MR) is 104 cm³/mol. The van der Waals surface area contributed by atoms with Gasteiger partial charge in [-0.05, 0) is 17.2 Å². The van der Waals surface area contributed by atoms with Crippen LogP contribution >= 0.6 is 0 Å². The molecule has 7 heteroatoms. The van der Waals surface area contributed by atoms with Gasteiger partial charge in [0, 0.05) is 18.5 Å². The first-order valence-electron chi connectivity index (χ1n) is 9.12. The first kappa shape index (κ1) is 16.4. The molecule has 0 aliphatic carbocycles. The Morgan fingerprint density at radius 3 is 2.21 bits per heavy atom. The summed E-state index contributed by atoms with van der Waals surface area (Å²) < 4.78 is 1.72. The highest BCUT2D eigenvalue weighted by atomic mass is 16.2. The molecule has 0 saturated carbocycles. The second-order valence-electron chi connectivity index (χ2n) is 6.73. The number of imide groups is 1. The molecule has 1 aromatic heterocycles.